The van der Waals surface area contributed by atoms with E-state index in [0.717, 1.165) is 0 Å². The van der Waals surface area contributed by atoms with Gasteiger partial charge in [-0.3, -0.25) is 9.52 Å². The van der Waals surface area contributed by atoms with Crippen LogP contribution in [0.3, 0.4) is 0 Å². The molecule has 0 saturated heterocycles. The van der Waals surface area contributed by atoms with E-state index in [2.05, 4.69) is 10.0 Å². The summed E-state index contributed by atoms with van der Waals surface area (Å²) in [6, 6.07) is 15.5. The predicted octanol–water partition coefficient (Wildman–Crippen LogP) is 3.53. The van der Waals surface area contributed by atoms with Crippen LogP contribution >= 0.6 is 0 Å². The smallest absolute Gasteiger partial charge is 0.262 e. The third-order valence-electron chi connectivity index (χ3n) is 4.84. The molecule has 0 bridgehead atoms. The van der Waals surface area contributed by atoms with Crippen molar-refractivity contribution in [3.05, 3.63) is 66.2 Å². The molecule has 2 N–H and O–H groups in total. The zero-order valence-corrected chi connectivity index (χ0v) is 18.8. The molecular formula is C23H22N2O7S. The van der Waals surface area contributed by atoms with E-state index in [9.17, 15) is 13.2 Å². The highest BCUT2D eigenvalue weighted by atomic mass is 32.2. The van der Waals surface area contributed by atoms with E-state index < -0.39 is 15.9 Å². The van der Waals surface area contributed by atoms with Gasteiger partial charge in [0.2, 0.25) is 0 Å². The number of rotatable bonds is 7. The number of carbonyl (C=O) groups is 1. The molecule has 0 fully saturated rings. The highest BCUT2D eigenvalue weighted by molar-refractivity contribution is 7.92. The van der Waals surface area contributed by atoms with Crippen LogP contribution in [0.5, 0.6) is 23.0 Å². The van der Waals surface area contributed by atoms with Crippen molar-refractivity contribution < 1.29 is 32.2 Å². The molecule has 0 atom stereocenters. The topological polar surface area (TPSA) is 112 Å². The number of sulfonamides is 1. The van der Waals surface area contributed by atoms with Gasteiger partial charge in [0, 0.05) is 29.1 Å². The van der Waals surface area contributed by atoms with Crippen molar-refractivity contribution in [2.45, 2.75) is 4.90 Å². The summed E-state index contributed by atoms with van der Waals surface area (Å²) in [4.78, 5) is 12.7. The number of amides is 1. The Bertz CT molecular complexity index is 1290. The minimum Gasteiger partial charge on any atom is -0.493 e. The fraction of sp³-hybridized carbons (Fsp3) is 0.174. The van der Waals surface area contributed by atoms with Crippen LogP contribution in [0.2, 0.25) is 0 Å². The van der Waals surface area contributed by atoms with E-state index in [1.54, 1.807) is 42.5 Å². The third-order valence-corrected chi connectivity index (χ3v) is 6.22. The van der Waals surface area contributed by atoms with E-state index in [1.165, 1.54) is 32.4 Å². The van der Waals surface area contributed by atoms with E-state index in [1.807, 2.05) is 0 Å². The number of ether oxygens (including phenoxy) is 4. The summed E-state index contributed by atoms with van der Waals surface area (Å²) < 4.78 is 49.5. The molecule has 0 saturated carbocycles. The number of fused-ring (bicyclic) bond motifs is 1. The number of hydrogen-bond acceptors (Lipinski definition) is 7. The molecule has 0 aliphatic carbocycles. The molecule has 0 unspecified atom stereocenters. The number of methoxy groups -OCH3 is 2. The van der Waals surface area contributed by atoms with Crippen molar-refractivity contribution in [1.82, 2.24) is 0 Å². The molecule has 10 heteroatoms. The van der Waals surface area contributed by atoms with Crippen molar-refractivity contribution in [2.75, 3.05) is 37.5 Å². The lowest BCUT2D eigenvalue weighted by atomic mass is 10.2. The van der Waals surface area contributed by atoms with Gasteiger partial charge in [0.25, 0.3) is 15.9 Å². The second kappa shape index (κ2) is 9.29. The number of hydrogen-bond donors (Lipinski definition) is 2. The van der Waals surface area contributed by atoms with Crippen molar-refractivity contribution in [1.29, 1.82) is 0 Å². The third kappa shape index (κ3) is 4.96. The summed E-state index contributed by atoms with van der Waals surface area (Å²) in [6.07, 6.45) is 0. The van der Waals surface area contributed by atoms with Gasteiger partial charge in [0.05, 0.1) is 19.1 Å². The lowest BCUT2D eigenvalue weighted by molar-refractivity contribution is 0.102. The molecule has 0 radical (unpaired) electrons. The Morgan fingerprint density at radius 1 is 0.848 bits per heavy atom. The van der Waals surface area contributed by atoms with E-state index in [0.29, 0.717) is 41.9 Å². The maximum Gasteiger partial charge on any atom is 0.262 e. The van der Waals surface area contributed by atoms with Gasteiger partial charge >= 0.3 is 0 Å². The Balaban J connectivity index is 1.51. The van der Waals surface area contributed by atoms with Gasteiger partial charge in [-0.1, -0.05) is 6.07 Å². The molecule has 1 aliphatic heterocycles. The molecule has 172 valence electrons. The standard InChI is InChI=1S/C23H22N2O7S/c1-29-19-8-6-16(13-21(19)30-2)24-23(26)15-4-3-5-17(12-15)25-33(27,28)18-7-9-20-22(14-18)32-11-10-31-20/h3-9,12-14,25H,10-11H2,1-2H3,(H,24,26). The molecular weight excluding hydrogens is 448 g/mol. The van der Waals surface area contributed by atoms with Gasteiger partial charge in [-0.05, 0) is 42.5 Å². The first kappa shape index (κ1) is 22.3. The molecule has 0 spiro atoms. The number of anilines is 2. The lowest BCUT2D eigenvalue weighted by Gasteiger charge is -2.19. The van der Waals surface area contributed by atoms with Crippen LogP contribution in [0.25, 0.3) is 0 Å². The fourth-order valence-electron chi connectivity index (χ4n) is 3.25. The zero-order valence-electron chi connectivity index (χ0n) is 18.0. The van der Waals surface area contributed by atoms with Gasteiger partial charge < -0.3 is 24.3 Å². The molecule has 0 aromatic heterocycles. The van der Waals surface area contributed by atoms with Gasteiger partial charge in [-0.2, -0.15) is 0 Å². The Kier molecular flexibility index (Phi) is 6.27. The second-order valence-corrected chi connectivity index (χ2v) is 8.70. The first-order valence-electron chi connectivity index (χ1n) is 9.95. The number of carbonyl (C=O) groups excluding carboxylic acids is 1. The van der Waals surface area contributed by atoms with Crippen LogP contribution in [0, 0.1) is 0 Å². The summed E-state index contributed by atoms with van der Waals surface area (Å²) in [5, 5.41) is 2.76. The average Bonchev–Trinajstić information content (AvgIpc) is 2.83. The largest absolute Gasteiger partial charge is 0.493 e. The highest BCUT2D eigenvalue weighted by Crippen LogP contribution is 2.33. The van der Waals surface area contributed by atoms with Crippen LogP contribution in [0.15, 0.2) is 65.6 Å². The molecule has 3 aromatic rings. The quantitative estimate of drug-likeness (QED) is 0.543. The molecule has 33 heavy (non-hydrogen) atoms. The van der Waals surface area contributed by atoms with Gasteiger partial charge in [-0.15, -0.1) is 0 Å². The van der Waals surface area contributed by atoms with Crippen LogP contribution in [-0.4, -0.2) is 41.8 Å². The maximum atomic E-state index is 12.9. The van der Waals surface area contributed by atoms with E-state index in [4.69, 9.17) is 18.9 Å². The number of benzene rings is 3. The SMILES string of the molecule is COc1ccc(NC(=O)c2cccc(NS(=O)(=O)c3ccc4c(c3)OCCO4)c2)cc1OC. The molecule has 3 aromatic carbocycles. The van der Waals surface area contributed by atoms with Crippen molar-refractivity contribution >= 4 is 27.3 Å². The summed E-state index contributed by atoms with van der Waals surface area (Å²) in [5.74, 6) is 1.45. The predicted molar refractivity (Wildman–Crippen MR) is 122 cm³/mol. The van der Waals surface area contributed by atoms with Gasteiger partial charge in [0.15, 0.2) is 23.0 Å². The minimum atomic E-state index is -3.91. The average molecular weight is 471 g/mol. The fourth-order valence-corrected chi connectivity index (χ4v) is 4.31. The van der Waals surface area contributed by atoms with Crippen LogP contribution < -0.4 is 29.0 Å². The summed E-state index contributed by atoms with van der Waals surface area (Å²) in [6.45, 7) is 0.761. The van der Waals surface area contributed by atoms with E-state index in [-0.39, 0.29) is 16.1 Å². The van der Waals surface area contributed by atoms with Gasteiger partial charge in [0.1, 0.15) is 13.2 Å². The van der Waals surface area contributed by atoms with Gasteiger partial charge in [-0.25, -0.2) is 8.42 Å². The minimum absolute atomic E-state index is 0.0203. The molecule has 1 aliphatic rings. The number of nitrogens with one attached hydrogen (secondary N) is 2. The Morgan fingerprint density at radius 2 is 1.61 bits per heavy atom. The Morgan fingerprint density at radius 3 is 2.36 bits per heavy atom. The second-order valence-electron chi connectivity index (χ2n) is 7.02. The first-order chi connectivity index (χ1) is 15.9. The zero-order chi connectivity index (χ0) is 23.4. The van der Waals surface area contributed by atoms with Crippen LogP contribution in [-0.2, 0) is 10.0 Å². The first-order valence-corrected chi connectivity index (χ1v) is 11.4. The van der Waals surface area contributed by atoms with E-state index >= 15 is 0 Å². The van der Waals surface area contributed by atoms with Crippen LogP contribution in [0.1, 0.15) is 10.4 Å². The Hall–Kier alpha value is -3.92. The molecule has 1 heterocycles. The molecule has 1 amide bonds. The lowest BCUT2D eigenvalue weighted by Crippen LogP contribution is -2.17. The normalized spacial score (nSPS) is 12.5. The summed E-state index contributed by atoms with van der Waals surface area (Å²) >= 11 is 0. The van der Waals surface area contributed by atoms with Crippen molar-refractivity contribution in [2.24, 2.45) is 0 Å². The molecule has 4 rings (SSSR count). The van der Waals surface area contributed by atoms with Crippen LogP contribution in [0.4, 0.5) is 11.4 Å². The monoisotopic (exact) mass is 470 g/mol. The molecule has 9 nitrogen and oxygen atoms in total. The maximum absolute atomic E-state index is 12.9. The Labute approximate surface area is 191 Å². The van der Waals surface area contributed by atoms with Crippen molar-refractivity contribution in [3.63, 3.8) is 0 Å². The highest BCUT2D eigenvalue weighted by Gasteiger charge is 2.20. The summed E-state index contributed by atoms with van der Waals surface area (Å²) in [5.41, 5.74) is 1.01. The van der Waals surface area contributed by atoms with Crippen molar-refractivity contribution in [3.8, 4) is 23.0 Å². The summed E-state index contributed by atoms with van der Waals surface area (Å²) in [7, 11) is -0.890.